The van der Waals surface area contributed by atoms with E-state index in [4.69, 9.17) is 0 Å². The second-order valence-electron chi connectivity index (χ2n) is 7.07. The van der Waals surface area contributed by atoms with Gasteiger partial charge < -0.3 is 10.6 Å². The van der Waals surface area contributed by atoms with Gasteiger partial charge in [-0.2, -0.15) is 0 Å². The smallest absolute Gasteiger partial charge is 0.237 e. The molecule has 0 saturated carbocycles. The van der Waals surface area contributed by atoms with E-state index >= 15 is 0 Å². The lowest BCUT2D eigenvalue weighted by molar-refractivity contribution is -0.116. The van der Waals surface area contributed by atoms with Crippen LogP contribution in [0.1, 0.15) is 32.8 Å². The number of anilines is 2. The number of amides is 2. The number of carbonyl (C=O) groups is 2. The lowest BCUT2D eigenvalue weighted by Crippen LogP contribution is -2.27. The molecule has 0 fully saturated rings. The Morgan fingerprint density at radius 2 is 1.90 bits per heavy atom. The molecule has 0 spiro atoms. The fourth-order valence-corrected chi connectivity index (χ4v) is 5.31. The molecule has 6 nitrogen and oxygen atoms in total. The summed E-state index contributed by atoms with van der Waals surface area (Å²) in [5, 5.41) is 4.36. The molecule has 154 valence electrons. The Balaban J connectivity index is 1.71. The van der Waals surface area contributed by atoms with Crippen molar-refractivity contribution in [3.8, 4) is 0 Å². The van der Waals surface area contributed by atoms with Gasteiger partial charge >= 0.3 is 0 Å². The van der Waals surface area contributed by atoms with Crippen molar-refractivity contribution >= 4 is 44.8 Å². The Morgan fingerprint density at radius 3 is 2.55 bits per heavy atom. The number of benzene rings is 2. The van der Waals surface area contributed by atoms with Crippen LogP contribution >= 0.6 is 11.8 Å². The largest absolute Gasteiger partial charge is 0.326 e. The molecule has 2 atom stereocenters. The number of hydrogen-bond acceptors (Lipinski definition) is 5. The highest BCUT2D eigenvalue weighted by Gasteiger charge is 2.29. The number of carbonyl (C=O) groups excluding carboxylic acids is 2. The van der Waals surface area contributed by atoms with Crippen LogP contribution in [-0.4, -0.2) is 30.7 Å². The number of fused-ring (bicyclic) bond motifs is 1. The van der Waals surface area contributed by atoms with Gasteiger partial charge in [-0.1, -0.05) is 19.1 Å². The normalized spacial score (nSPS) is 17.2. The highest BCUT2D eigenvalue weighted by atomic mass is 32.2. The second kappa shape index (κ2) is 8.59. The third-order valence-corrected chi connectivity index (χ3v) is 8.17. The van der Waals surface area contributed by atoms with Gasteiger partial charge in [0.25, 0.3) is 0 Å². The van der Waals surface area contributed by atoms with E-state index in [-0.39, 0.29) is 28.4 Å². The summed E-state index contributed by atoms with van der Waals surface area (Å²) in [5.74, 6) is -0.514. The molecule has 29 heavy (non-hydrogen) atoms. The first-order valence-electron chi connectivity index (χ1n) is 9.45. The van der Waals surface area contributed by atoms with Gasteiger partial charge in [0.2, 0.25) is 11.8 Å². The summed E-state index contributed by atoms with van der Waals surface area (Å²) in [4.78, 5) is 25.1. The minimum atomic E-state index is -3.72. The lowest BCUT2D eigenvalue weighted by Gasteiger charge is -2.22. The summed E-state index contributed by atoms with van der Waals surface area (Å²) in [7, 11) is -3.72. The van der Waals surface area contributed by atoms with Crippen LogP contribution in [0.3, 0.4) is 0 Å². The Bertz CT molecular complexity index is 1030. The summed E-state index contributed by atoms with van der Waals surface area (Å²) in [5.41, 5.74) is 2.29. The first-order valence-corrected chi connectivity index (χ1v) is 11.9. The van der Waals surface area contributed by atoms with Crippen LogP contribution in [0, 0.1) is 0 Å². The third kappa shape index (κ3) is 4.82. The molecule has 2 amide bonds. The summed E-state index contributed by atoms with van der Waals surface area (Å²) in [6, 6.07) is 12.2. The zero-order valence-corrected chi connectivity index (χ0v) is 18.2. The van der Waals surface area contributed by atoms with Crippen LogP contribution in [0.5, 0.6) is 0 Å². The third-order valence-electron chi connectivity index (χ3n) is 4.86. The number of hydrogen-bond donors (Lipinski definition) is 2. The minimum absolute atomic E-state index is 0.0966. The molecule has 0 unspecified atom stereocenters. The first-order chi connectivity index (χ1) is 13.7. The Morgan fingerprint density at radius 1 is 1.21 bits per heavy atom. The van der Waals surface area contributed by atoms with Gasteiger partial charge in [-0.3, -0.25) is 9.59 Å². The maximum atomic E-state index is 12.9. The topological polar surface area (TPSA) is 92.3 Å². The number of nitrogens with one attached hydrogen (secondary N) is 2. The highest BCUT2D eigenvalue weighted by molar-refractivity contribution is 8.01. The minimum Gasteiger partial charge on any atom is -0.326 e. The average Bonchev–Trinajstić information content (AvgIpc) is 2.69. The molecule has 2 aromatic rings. The summed E-state index contributed by atoms with van der Waals surface area (Å²) in [6.45, 7) is 5.36. The van der Waals surface area contributed by atoms with Crippen molar-refractivity contribution in [2.45, 2.75) is 53.9 Å². The van der Waals surface area contributed by atoms with Gasteiger partial charge in [-0.25, -0.2) is 8.42 Å². The zero-order chi connectivity index (χ0) is 21.2. The predicted molar refractivity (Wildman–Crippen MR) is 116 cm³/mol. The fourth-order valence-electron chi connectivity index (χ4n) is 3.00. The first kappa shape index (κ1) is 21.4. The molecule has 2 aromatic carbocycles. The van der Waals surface area contributed by atoms with E-state index in [1.807, 2.05) is 19.1 Å². The maximum absolute atomic E-state index is 12.9. The van der Waals surface area contributed by atoms with Crippen molar-refractivity contribution in [1.29, 1.82) is 0 Å². The van der Waals surface area contributed by atoms with E-state index in [9.17, 15) is 18.0 Å². The summed E-state index contributed by atoms with van der Waals surface area (Å²) >= 11 is 1.39. The molecule has 2 N–H and O–H groups in total. The SMILES string of the molecule is CCc1ccc(NC(=O)C[C@@H](C)S(=O)(=O)c2ccc3c(c2)NC(=O)[C@@H](C)S3)cc1. The van der Waals surface area contributed by atoms with Crippen LogP contribution in [0.2, 0.25) is 0 Å². The van der Waals surface area contributed by atoms with E-state index in [1.165, 1.54) is 30.8 Å². The maximum Gasteiger partial charge on any atom is 0.237 e. The monoisotopic (exact) mass is 432 g/mol. The van der Waals surface area contributed by atoms with Crippen molar-refractivity contribution in [3.63, 3.8) is 0 Å². The number of rotatable bonds is 6. The van der Waals surface area contributed by atoms with E-state index in [1.54, 1.807) is 25.1 Å². The summed E-state index contributed by atoms with van der Waals surface area (Å²) < 4.78 is 25.9. The van der Waals surface area contributed by atoms with E-state index in [0.29, 0.717) is 11.4 Å². The number of sulfone groups is 1. The van der Waals surface area contributed by atoms with Crippen molar-refractivity contribution < 1.29 is 18.0 Å². The van der Waals surface area contributed by atoms with Gasteiger partial charge in [0, 0.05) is 17.0 Å². The van der Waals surface area contributed by atoms with Crippen molar-refractivity contribution in [3.05, 3.63) is 48.0 Å². The number of thioether (sulfide) groups is 1. The van der Waals surface area contributed by atoms with E-state index in [0.717, 1.165) is 16.9 Å². The van der Waals surface area contributed by atoms with Crippen LogP contribution < -0.4 is 10.6 Å². The van der Waals surface area contributed by atoms with E-state index in [2.05, 4.69) is 10.6 Å². The van der Waals surface area contributed by atoms with Crippen molar-refractivity contribution in [2.24, 2.45) is 0 Å². The molecule has 0 aliphatic carbocycles. The highest BCUT2D eigenvalue weighted by Crippen LogP contribution is 2.37. The van der Waals surface area contributed by atoms with Crippen LogP contribution in [0.4, 0.5) is 11.4 Å². The van der Waals surface area contributed by atoms with Gasteiger partial charge in [0.05, 0.1) is 21.1 Å². The molecule has 8 heteroatoms. The molecule has 0 bridgehead atoms. The molecule has 0 aromatic heterocycles. The Hall–Kier alpha value is -2.32. The molecule has 0 saturated heterocycles. The molecule has 1 aliphatic rings. The van der Waals surface area contributed by atoms with Crippen LogP contribution in [0.25, 0.3) is 0 Å². The standard InChI is InChI=1S/C21H24N2O4S2/c1-4-15-5-7-16(8-6-15)22-20(24)11-13(2)29(26,27)17-9-10-19-18(12-17)23-21(25)14(3)28-19/h5-10,12-14H,4,11H2,1-3H3,(H,22,24)(H,23,25)/t13-,14-/m1/s1. The molecular weight excluding hydrogens is 408 g/mol. The quantitative estimate of drug-likeness (QED) is 0.723. The number of aryl methyl sites for hydroxylation is 1. The van der Waals surface area contributed by atoms with Crippen LogP contribution in [0.15, 0.2) is 52.3 Å². The Kier molecular flexibility index (Phi) is 6.33. The predicted octanol–water partition coefficient (Wildman–Crippen LogP) is 3.87. The molecule has 1 aliphatic heterocycles. The van der Waals surface area contributed by atoms with Gasteiger partial charge in [-0.15, -0.1) is 11.8 Å². The molecule has 1 heterocycles. The summed E-state index contributed by atoms with van der Waals surface area (Å²) in [6.07, 6.45) is 0.745. The lowest BCUT2D eigenvalue weighted by atomic mass is 10.1. The van der Waals surface area contributed by atoms with Crippen LogP contribution in [-0.2, 0) is 25.8 Å². The Labute approximate surface area is 175 Å². The second-order valence-corrected chi connectivity index (χ2v) is 10.8. The van der Waals surface area contributed by atoms with Crippen molar-refractivity contribution in [1.82, 2.24) is 0 Å². The molecular formula is C21H24N2O4S2. The van der Waals surface area contributed by atoms with Gasteiger partial charge in [0.1, 0.15) is 0 Å². The van der Waals surface area contributed by atoms with Gasteiger partial charge in [-0.05, 0) is 56.2 Å². The molecule has 0 radical (unpaired) electrons. The van der Waals surface area contributed by atoms with Crippen molar-refractivity contribution in [2.75, 3.05) is 10.6 Å². The van der Waals surface area contributed by atoms with Gasteiger partial charge in [0.15, 0.2) is 9.84 Å². The molecule has 3 rings (SSSR count). The average molecular weight is 433 g/mol. The zero-order valence-electron chi connectivity index (χ0n) is 16.6. The fraction of sp³-hybridized carbons (Fsp3) is 0.333. The van der Waals surface area contributed by atoms with E-state index < -0.39 is 15.1 Å².